The van der Waals surface area contributed by atoms with E-state index in [1.807, 2.05) is 6.07 Å². The van der Waals surface area contributed by atoms with Gasteiger partial charge < -0.3 is 19.7 Å². The standard InChI is InChI=1S/C26H31N3O4/c1-18-8-10-28(11-9-18)15-20-4-2-19(3-5-20)14-27-26(31)21-12-25(30)29(16-21)22-6-7-23-24(13-22)33-17-32-23/h2-7,13,18,21H,8-12,14-17H2,1H3,(H,27,31). The molecule has 7 heteroatoms. The Hall–Kier alpha value is -3.06. The number of nitrogens with one attached hydrogen (secondary N) is 1. The van der Waals surface area contributed by atoms with Crippen molar-refractivity contribution in [3.05, 3.63) is 53.6 Å². The van der Waals surface area contributed by atoms with Gasteiger partial charge in [0.1, 0.15) is 0 Å². The summed E-state index contributed by atoms with van der Waals surface area (Å²) in [5.74, 6) is 1.65. The van der Waals surface area contributed by atoms with Gasteiger partial charge in [-0.25, -0.2) is 0 Å². The zero-order valence-corrected chi connectivity index (χ0v) is 19.1. The smallest absolute Gasteiger partial charge is 0.231 e. The number of piperidine rings is 1. The Bertz CT molecular complexity index is 1010. The lowest BCUT2D eigenvalue weighted by Gasteiger charge is -2.30. The first-order valence-corrected chi connectivity index (χ1v) is 11.8. The average molecular weight is 450 g/mol. The van der Waals surface area contributed by atoms with Crippen LogP contribution in [0.3, 0.4) is 0 Å². The normalized spacial score (nSPS) is 20.9. The minimum Gasteiger partial charge on any atom is -0.454 e. The van der Waals surface area contributed by atoms with E-state index in [2.05, 4.69) is 41.4 Å². The van der Waals surface area contributed by atoms with Gasteiger partial charge in [-0.15, -0.1) is 0 Å². The molecule has 2 aromatic carbocycles. The zero-order valence-electron chi connectivity index (χ0n) is 19.1. The van der Waals surface area contributed by atoms with Gasteiger partial charge in [-0.2, -0.15) is 0 Å². The number of carbonyl (C=O) groups is 2. The molecule has 174 valence electrons. The summed E-state index contributed by atoms with van der Waals surface area (Å²) in [6, 6.07) is 13.9. The Morgan fingerprint density at radius 3 is 2.55 bits per heavy atom. The van der Waals surface area contributed by atoms with Crippen molar-refractivity contribution in [1.29, 1.82) is 0 Å². The largest absolute Gasteiger partial charge is 0.454 e. The van der Waals surface area contributed by atoms with Crippen LogP contribution in [-0.2, 0) is 22.7 Å². The number of ether oxygens (including phenoxy) is 2. The number of hydrogen-bond donors (Lipinski definition) is 1. The van der Waals surface area contributed by atoms with Crippen molar-refractivity contribution in [2.24, 2.45) is 11.8 Å². The van der Waals surface area contributed by atoms with E-state index in [0.717, 1.165) is 23.7 Å². The molecular weight excluding hydrogens is 418 g/mol. The number of amides is 2. The third kappa shape index (κ3) is 4.98. The second-order valence-electron chi connectivity index (χ2n) is 9.44. The van der Waals surface area contributed by atoms with E-state index in [9.17, 15) is 9.59 Å². The van der Waals surface area contributed by atoms with E-state index in [1.54, 1.807) is 17.0 Å². The molecule has 0 bridgehead atoms. The first-order valence-electron chi connectivity index (χ1n) is 11.8. The highest BCUT2D eigenvalue weighted by Gasteiger charge is 2.35. The Balaban J connectivity index is 1.12. The van der Waals surface area contributed by atoms with Crippen LogP contribution in [0.25, 0.3) is 0 Å². The number of likely N-dealkylation sites (tertiary alicyclic amines) is 1. The third-order valence-electron chi connectivity index (χ3n) is 6.94. The lowest BCUT2D eigenvalue weighted by molar-refractivity contribution is -0.126. The maximum Gasteiger partial charge on any atom is 0.231 e. The van der Waals surface area contributed by atoms with Gasteiger partial charge in [-0.3, -0.25) is 14.5 Å². The number of hydrogen-bond acceptors (Lipinski definition) is 5. The lowest BCUT2D eigenvalue weighted by Crippen LogP contribution is -2.32. The Morgan fingerprint density at radius 2 is 1.76 bits per heavy atom. The van der Waals surface area contributed by atoms with Gasteiger partial charge in [-0.05, 0) is 55.1 Å². The number of nitrogens with zero attached hydrogens (tertiary/aromatic N) is 2. The molecule has 1 atom stereocenters. The number of rotatable bonds is 6. The van der Waals surface area contributed by atoms with Crippen LogP contribution < -0.4 is 19.7 Å². The predicted octanol–water partition coefficient (Wildman–Crippen LogP) is 3.32. The summed E-state index contributed by atoms with van der Waals surface area (Å²) in [6.07, 6.45) is 2.77. The molecule has 3 heterocycles. The topological polar surface area (TPSA) is 71.1 Å². The molecular formula is C26H31N3O4. The minimum absolute atomic E-state index is 0.0505. The Kier molecular flexibility index (Phi) is 6.22. The Labute approximate surface area is 194 Å². The van der Waals surface area contributed by atoms with Crippen LogP contribution in [-0.4, -0.2) is 43.1 Å². The fourth-order valence-electron chi connectivity index (χ4n) is 4.76. The van der Waals surface area contributed by atoms with Crippen LogP contribution in [0.4, 0.5) is 5.69 Å². The molecule has 1 N–H and O–H groups in total. The van der Waals surface area contributed by atoms with Crippen molar-refractivity contribution in [2.45, 2.75) is 39.3 Å². The van der Waals surface area contributed by atoms with Crippen LogP contribution in [0.1, 0.15) is 37.3 Å². The molecule has 0 saturated carbocycles. The lowest BCUT2D eigenvalue weighted by atomic mass is 9.99. The maximum absolute atomic E-state index is 12.7. The highest BCUT2D eigenvalue weighted by Crippen LogP contribution is 2.37. The first-order chi connectivity index (χ1) is 16.0. The second-order valence-corrected chi connectivity index (χ2v) is 9.44. The molecule has 5 rings (SSSR count). The van der Waals surface area contributed by atoms with Crippen molar-refractivity contribution >= 4 is 17.5 Å². The molecule has 1 unspecified atom stereocenters. The summed E-state index contributed by atoms with van der Waals surface area (Å²) in [5.41, 5.74) is 3.11. The highest BCUT2D eigenvalue weighted by atomic mass is 16.7. The van der Waals surface area contributed by atoms with Gasteiger partial charge in [-0.1, -0.05) is 31.2 Å². The number of carbonyl (C=O) groups excluding carboxylic acids is 2. The Morgan fingerprint density at radius 1 is 1.03 bits per heavy atom. The third-order valence-corrected chi connectivity index (χ3v) is 6.94. The zero-order chi connectivity index (χ0) is 22.8. The molecule has 2 saturated heterocycles. The molecule has 2 fully saturated rings. The van der Waals surface area contributed by atoms with Gasteiger partial charge in [0.2, 0.25) is 18.6 Å². The quantitative estimate of drug-likeness (QED) is 0.733. The maximum atomic E-state index is 12.7. The predicted molar refractivity (Wildman–Crippen MR) is 125 cm³/mol. The van der Waals surface area contributed by atoms with Gasteiger partial charge in [0, 0.05) is 37.8 Å². The van der Waals surface area contributed by atoms with Gasteiger partial charge >= 0.3 is 0 Å². The fraction of sp³-hybridized carbons (Fsp3) is 0.462. The summed E-state index contributed by atoms with van der Waals surface area (Å²) in [7, 11) is 0. The minimum atomic E-state index is -0.358. The number of anilines is 1. The summed E-state index contributed by atoms with van der Waals surface area (Å²) in [4.78, 5) is 29.5. The summed E-state index contributed by atoms with van der Waals surface area (Å²) in [5, 5.41) is 3.01. The SMILES string of the molecule is CC1CCN(Cc2ccc(CNC(=O)C3CC(=O)N(c4ccc5c(c4)OCO5)C3)cc2)CC1. The van der Waals surface area contributed by atoms with E-state index in [-0.39, 0.29) is 30.9 Å². The van der Waals surface area contributed by atoms with E-state index in [4.69, 9.17) is 9.47 Å². The van der Waals surface area contributed by atoms with Crippen molar-refractivity contribution in [3.8, 4) is 11.5 Å². The second kappa shape index (κ2) is 9.43. The van der Waals surface area contributed by atoms with E-state index < -0.39 is 0 Å². The van der Waals surface area contributed by atoms with Crippen LogP contribution in [0.15, 0.2) is 42.5 Å². The molecule has 7 nitrogen and oxygen atoms in total. The summed E-state index contributed by atoms with van der Waals surface area (Å²) >= 11 is 0. The van der Waals surface area contributed by atoms with Crippen molar-refractivity contribution in [3.63, 3.8) is 0 Å². The van der Waals surface area contributed by atoms with Crippen LogP contribution in [0.2, 0.25) is 0 Å². The van der Waals surface area contributed by atoms with Gasteiger partial charge in [0.25, 0.3) is 0 Å². The average Bonchev–Trinajstić information content (AvgIpc) is 3.46. The summed E-state index contributed by atoms with van der Waals surface area (Å²) in [6.45, 7) is 6.68. The molecule has 3 aliphatic rings. The molecule has 2 amide bonds. The highest BCUT2D eigenvalue weighted by molar-refractivity contribution is 6.00. The van der Waals surface area contributed by atoms with E-state index in [0.29, 0.717) is 24.6 Å². The molecule has 3 aliphatic heterocycles. The molecule has 2 aromatic rings. The van der Waals surface area contributed by atoms with E-state index in [1.165, 1.54) is 31.5 Å². The van der Waals surface area contributed by atoms with Crippen molar-refractivity contribution in [1.82, 2.24) is 10.2 Å². The van der Waals surface area contributed by atoms with Gasteiger partial charge in [0.15, 0.2) is 11.5 Å². The monoisotopic (exact) mass is 449 g/mol. The van der Waals surface area contributed by atoms with Crippen LogP contribution in [0.5, 0.6) is 11.5 Å². The molecule has 33 heavy (non-hydrogen) atoms. The molecule has 0 radical (unpaired) electrons. The summed E-state index contributed by atoms with van der Waals surface area (Å²) < 4.78 is 10.7. The van der Waals surface area contributed by atoms with Crippen LogP contribution >= 0.6 is 0 Å². The van der Waals surface area contributed by atoms with E-state index >= 15 is 0 Å². The molecule has 0 aliphatic carbocycles. The first kappa shape index (κ1) is 21.8. The van der Waals surface area contributed by atoms with Gasteiger partial charge in [0.05, 0.1) is 5.92 Å². The van der Waals surface area contributed by atoms with Crippen molar-refractivity contribution < 1.29 is 19.1 Å². The fourth-order valence-corrected chi connectivity index (χ4v) is 4.76. The molecule has 0 spiro atoms. The number of fused-ring (bicyclic) bond motifs is 1. The van der Waals surface area contributed by atoms with Crippen molar-refractivity contribution in [2.75, 3.05) is 31.3 Å². The molecule has 0 aromatic heterocycles. The number of benzene rings is 2. The van der Waals surface area contributed by atoms with Crippen LogP contribution in [0, 0.1) is 11.8 Å².